The van der Waals surface area contributed by atoms with Gasteiger partial charge in [0.25, 0.3) is 0 Å². The third-order valence-electron chi connectivity index (χ3n) is 2.82. The second kappa shape index (κ2) is 4.14. The third-order valence-corrected chi connectivity index (χ3v) is 2.82. The van der Waals surface area contributed by atoms with Gasteiger partial charge >= 0.3 is 0 Å². The highest BCUT2D eigenvalue weighted by atomic mass is 16.5. The number of aromatic amines is 1. The monoisotopic (exact) mass is 239 g/mol. The summed E-state index contributed by atoms with van der Waals surface area (Å²) in [7, 11) is 1.60. The summed E-state index contributed by atoms with van der Waals surface area (Å²) >= 11 is 0. The zero-order valence-electron chi connectivity index (χ0n) is 10.3. The van der Waals surface area contributed by atoms with Crippen molar-refractivity contribution in [2.75, 3.05) is 7.11 Å². The van der Waals surface area contributed by atoms with Crippen molar-refractivity contribution in [2.24, 2.45) is 0 Å². The van der Waals surface area contributed by atoms with E-state index in [1.54, 1.807) is 7.11 Å². The smallest absolute Gasteiger partial charge is 0.215 e. The first-order valence-corrected chi connectivity index (χ1v) is 5.74. The number of benzene rings is 1. The van der Waals surface area contributed by atoms with Crippen LogP contribution in [0.2, 0.25) is 0 Å². The van der Waals surface area contributed by atoms with Crippen LogP contribution in [0.25, 0.3) is 22.6 Å². The molecule has 0 saturated heterocycles. The molecule has 0 amide bonds. The molecule has 4 nitrogen and oxygen atoms in total. The van der Waals surface area contributed by atoms with Gasteiger partial charge in [0.2, 0.25) is 5.88 Å². The minimum absolute atomic E-state index is 0.574. The van der Waals surface area contributed by atoms with Crippen LogP contribution in [0.4, 0.5) is 0 Å². The van der Waals surface area contributed by atoms with Crippen LogP contribution in [-0.4, -0.2) is 22.1 Å². The van der Waals surface area contributed by atoms with E-state index >= 15 is 0 Å². The fourth-order valence-corrected chi connectivity index (χ4v) is 1.92. The van der Waals surface area contributed by atoms with Crippen molar-refractivity contribution in [1.29, 1.82) is 0 Å². The number of ether oxygens (including phenoxy) is 1. The molecular formula is C14H13N3O. The molecule has 0 bridgehead atoms. The van der Waals surface area contributed by atoms with E-state index in [0.29, 0.717) is 11.5 Å². The average molecular weight is 239 g/mol. The molecule has 2 aromatic heterocycles. The summed E-state index contributed by atoms with van der Waals surface area (Å²) in [5, 5.41) is 0. The maximum absolute atomic E-state index is 5.09. The third kappa shape index (κ3) is 1.82. The maximum Gasteiger partial charge on any atom is 0.215 e. The van der Waals surface area contributed by atoms with E-state index in [0.717, 1.165) is 16.9 Å². The van der Waals surface area contributed by atoms with Gasteiger partial charge < -0.3 is 9.72 Å². The molecule has 1 aromatic carbocycles. The van der Waals surface area contributed by atoms with Gasteiger partial charge in [-0.05, 0) is 19.1 Å². The Bertz CT molecular complexity index is 703. The summed E-state index contributed by atoms with van der Waals surface area (Å²) in [6.07, 6.45) is 0. The first kappa shape index (κ1) is 10.8. The molecule has 0 aliphatic carbocycles. The largest absolute Gasteiger partial charge is 0.481 e. The lowest BCUT2D eigenvalue weighted by atomic mass is 10.1. The summed E-state index contributed by atoms with van der Waals surface area (Å²) in [5.41, 5.74) is 3.85. The van der Waals surface area contributed by atoms with E-state index in [1.807, 2.05) is 24.3 Å². The number of rotatable bonds is 2. The summed E-state index contributed by atoms with van der Waals surface area (Å²) in [6.45, 7) is 2.06. The van der Waals surface area contributed by atoms with Crippen LogP contribution in [0.15, 0.2) is 36.4 Å². The van der Waals surface area contributed by atoms with E-state index < -0.39 is 0 Å². The molecule has 90 valence electrons. The Morgan fingerprint density at radius 3 is 2.78 bits per heavy atom. The van der Waals surface area contributed by atoms with E-state index in [2.05, 4.69) is 34.0 Å². The van der Waals surface area contributed by atoms with Gasteiger partial charge in [0.15, 0.2) is 5.65 Å². The number of hydrogen-bond acceptors (Lipinski definition) is 3. The number of methoxy groups -OCH3 is 1. The number of aromatic nitrogens is 3. The van der Waals surface area contributed by atoms with Gasteiger partial charge in [0.05, 0.1) is 12.6 Å². The fraction of sp³-hybridized carbons (Fsp3) is 0.143. The van der Waals surface area contributed by atoms with Crippen LogP contribution >= 0.6 is 0 Å². The van der Waals surface area contributed by atoms with Gasteiger partial charge in [-0.3, -0.25) is 0 Å². The minimum Gasteiger partial charge on any atom is -0.481 e. The van der Waals surface area contributed by atoms with E-state index in [4.69, 9.17) is 4.74 Å². The van der Waals surface area contributed by atoms with Gasteiger partial charge in [-0.15, -0.1) is 0 Å². The lowest BCUT2D eigenvalue weighted by Gasteiger charge is -1.97. The molecule has 3 aromatic rings. The molecule has 0 saturated carbocycles. The Labute approximate surface area is 105 Å². The van der Waals surface area contributed by atoms with Crippen molar-refractivity contribution in [2.45, 2.75) is 6.92 Å². The number of nitrogens with zero attached hydrogens (tertiary/aromatic N) is 2. The number of pyridine rings is 1. The summed E-state index contributed by atoms with van der Waals surface area (Å²) < 4.78 is 5.09. The van der Waals surface area contributed by atoms with Gasteiger partial charge in [-0.2, -0.15) is 4.98 Å². The zero-order valence-corrected chi connectivity index (χ0v) is 10.3. The number of aryl methyl sites for hydroxylation is 1. The number of nitrogens with one attached hydrogen (secondary N) is 1. The van der Waals surface area contributed by atoms with Crippen LogP contribution < -0.4 is 4.74 Å². The molecule has 0 fully saturated rings. The number of H-pyrrole nitrogens is 1. The molecule has 3 rings (SSSR count). The van der Waals surface area contributed by atoms with Crippen molar-refractivity contribution in [3.63, 3.8) is 0 Å². The topological polar surface area (TPSA) is 50.8 Å². The van der Waals surface area contributed by atoms with E-state index in [-0.39, 0.29) is 0 Å². The van der Waals surface area contributed by atoms with Crippen LogP contribution in [0.5, 0.6) is 5.88 Å². The molecule has 4 heteroatoms. The normalized spacial score (nSPS) is 10.8. The van der Waals surface area contributed by atoms with Crippen molar-refractivity contribution in [3.05, 3.63) is 42.0 Å². The van der Waals surface area contributed by atoms with Crippen molar-refractivity contribution >= 4 is 11.2 Å². The summed E-state index contributed by atoms with van der Waals surface area (Å²) in [4.78, 5) is 12.0. The maximum atomic E-state index is 5.09. The number of fused-ring (bicyclic) bond motifs is 1. The zero-order chi connectivity index (χ0) is 12.5. The highest BCUT2D eigenvalue weighted by Crippen LogP contribution is 2.21. The molecule has 18 heavy (non-hydrogen) atoms. The predicted octanol–water partition coefficient (Wildman–Crippen LogP) is 2.94. The fourth-order valence-electron chi connectivity index (χ4n) is 1.92. The van der Waals surface area contributed by atoms with E-state index in [9.17, 15) is 0 Å². The standard InChI is InChI=1S/C14H13N3O/c1-9-4-3-5-10(8-9)13-15-11-6-7-12(18-2)16-14(11)17-13/h3-8H,1-2H3,(H,15,16,17). The van der Waals surface area contributed by atoms with Crippen LogP contribution in [-0.2, 0) is 0 Å². The second-order valence-corrected chi connectivity index (χ2v) is 4.18. The molecule has 0 radical (unpaired) electrons. The molecule has 0 aliphatic rings. The summed E-state index contributed by atoms with van der Waals surface area (Å²) in [5.74, 6) is 1.40. The Kier molecular flexibility index (Phi) is 2.48. The lowest BCUT2D eigenvalue weighted by molar-refractivity contribution is 0.399. The Morgan fingerprint density at radius 1 is 1.11 bits per heavy atom. The molecule has 0 spiro atoms. The molecule has 2 heterocycles. The van der Waals surface area contributed by atoms with Crippen LogP contribution in [0.3, 0.4) is 0 Å². The Hall–Kier alpha value is -2.36. The first-order chi connectivity index (χ1) is 8.76. The Morgan fingerprint density at radius 2 is 2.00 bits per heavy atom. The van der Waals surface area contributed by atoms with Crippen molar-refractivity contribution in [3.8, 4) is 17.3 Å². The molecule has 0 atom stereocenters. The quantitative estimate of drug-likeness (QED) is 0.748. The molecule has 0 unspecified atom stereocenters. The first-order valence-electron chi connectivity index (χ1n) is 5.74. The molecular weight excluding hydrogens is 226 g/mol. The SMILES string of the molecule is COc1ccc2[nH]c(-c3cccc(C)c3)nc2n1. The van der Waals surface area contributed by atoms with Crippen LogP contribution in [0, 0.1) is 6.92 Å². The molecule has 1 N–H and O–H groups in total. The predicted molar refractivity (Wildman–Crippen MR) is 70.6 cm³/mol. The number of hydrogen-bond donors (Lipinski definition) is 1. The van der Waals surface area contributed by atoms with Crippen LogP contribution in [0.1, 0.15) is 5.56 Å². The minimum atomic E-state index is 0.574. The van der Waals surface area contributed by atoms with Gasteiger partial charge in [0.1, 0.15) is 5.82 Å². The highest BCUT2D eigenvalue weighted by molar-refractivity contribution is 5.76. The van der Waals surface area contributed by atoms with Gasteiger partial charge in [-0.1, -0.05) is 23.8 Å². The van der Waals surface area contributed by atoms with E-state index in [1.165, 1.54) is 5.56 Å². The second-order valence-electron chi connectivity index (χ2n) is 4.18. The average Bonchev–Trinajstić information content (AvgIpc) is 2.81. The summed E-state index contributed by atoms with van der Waals surface area (Å²) in [6, 6.07) is 11.9. The molecule has 0 aliphatic heterocycles. The van der Waals surface area contributed by atoms with Crippen molar-refractivity contribution in [1.82, 2.24) is 15.0 Å². The van der Waals surface area contributed by atoms with Gasteiger partial charge in [0, 0.05) is 11.6 Å². The lowest BCUT2D eigenvalue weighted by Crippen LogP contribution is -1.86. The highest BCUT2D eigenvalue weighted by Gasteiger charge is 2.07. The van der Waals surface area contributed by atoms with Crippen molar-refractivity contribution < 1.29 is 4.74 Å². The van der Waals surface area contributed by atoms with Gasteiger partial charge in [-0.25, -0.2) is 4.98 Å². The Balaban J connectivity index is 2.13. The number of imidazole rings is 1.